The highest BCUT2D eigenvalue weighted by atomic mass is 16.5. The van der Waals surface area contributed by atoms with Crippen LogP contribution in [0.25, 0.3) is 0 Å². The van der Waals surface area contributed by atoms with Crippen LogP contribution in [-0.2, 0) is 9.53 Å². The summed E-state index contributed by atoms with van der Waals surface area (Å²) in [6, 6.07) is 0. The van der Waals surface area contributed by atoms with Gasteiger partial charge in [0.25, 0.3) is 0 Å². The van der Waals surface area contributed by atoms with E-state index in [1.807, 2.05) is 0 Å². The molecule has 0 radical (unpaired) electrons. The lowest BCUT2D eigenvalue weighted by Crippen LogP contribution is -2.32. The topological polar surface area (TPSA) is 26.3 Å². The Morgan fingerprint density at radius 2 is 2.00 bits per heavy atom. The average Bonchev–Trinajstić information content (AvgIpc) is 2.54. The van der Waals surface area contributed by atoms with Crippen molar-refractivity contribution in [1.29, 1.82) is 0 Å². The molecule has 0 aromatic heterocycles. The molecule has 25 heavy (non-hydrogen) atoms. The summed E-state index contributed by atoms with van der Waals surface area (Å²) in [6.07, 6.45) is 16.2. The molecule has 0 N–H and O–H groups in total. The summed E-state index contributed by atoms with van der Waals surface area (Å²) in [4.78, 5) is 12.4. The van der Waals surface area contributed by atoms with E-state index in [1.165, 1.54) is 16.7 Å². The van der Waals surface area contributed by atoms with E-state index < -0.39 is 0 Å². The summed E-state index contributed by atoms with van der Waals surface area (Å²) in [7, 11) is 0. The maximum Gasteiger partial charge on any atom is 0.312 e. The molecule has 0 saturated carbocycles. The highest BCUT2D eigenvalue weighted by molar-refractivity contribution is 5.77. The van der Waals surface area contributed by atoms with Crippen LogP contribution in [0.3, 0.4) is 0 Å². The lowest BCUT2D eigenvalue weighted by molar-refractivity contribution is -0.155. The van der Waals surface area contributed by atoms with Gasteiger partial charge in [0.1, 0.15) is 0 Å². The Morgan fingerprint density at radius 3 is 2.68 bits per heavy atom. The predicted octanol–water partition coefficient (Wildman–Crippen LogP) is 6.92. The number of esters is 1. The van der Waals surface area contributed by atoms with Gasteiger partial charge in [-0.25, -0.2) is 0 Å². The highest BCUT2D eigenvalue weighted by Gasteiger charge is 2.36. The number of hydrogen-bond acceptors (Lipinski definition) is 2. The fraction of sp³-hybridized carbons (Fsp3) is 0.696. The van der Waals surface area contributed by atoms with Crippen molar-refractivity contribution < 1.29 is 9.53 Å². The molecule has 2 heteroatoms. The molecule has 0 aromatic rings. The molecule has 0 spiro atoms. The minimum Gasteiger partial charge on any atom is -0.465 e. The monoisotopic (exact) mass is 346 g/mol. The van der Waals surface area contributed by atoms with Gasteiger partial charge in [0.05, 0.1) is 12.0 Å². The van der Waals surface area contributed by atoms with Gasteiger partial charge in [-0.1, -0.05) is 48.3 Å². The molecule has 1 rings (SSSR count). The minimum atomic E-state index is -0.319. The zero-order valence-corrected chi connectivity index (χ0v) is 17.1. The van der Waals surface area contributed by atoms with Gasteiger partial charge in [-0.2, -0.15) is 0 Å². The smallest absolute Gasteiger partial charge is 0.312 e. The first-order valence-corrected chi connectivity index (χ1v) is 10.0. The van der Waals surface area contributed by atoms with Crippen LogP contribution in [0.4, 0.5) is 0 Å². The number of allylic oxidation sites excluding steroid dienone is 6. The zero-order valence-electron chi connectivity index (χ0n) is 17.1. The molecule has 1 aliphatic carbocycles. The van der Waals surface area contributed by atoms with E-state index in [-0.39, 0.29) is 11.4 Å². The van der Waals surface area contributed by atoms with E-state index in [0.717, 1.165) is 57.8 Å². The summed E-state index contributed by atoms with van der Waals surface area (Å²) in [5.41, 5.74) is 3.97. The fourth-order valence-corrected chi connectivity index (χ4v) is 3.30. The van der Waals surface area contributed by atoms with Crippen molar-refractivity contribution in [2.45, 2.75) is 92.4 Å². The van der Waals surface area contributed by atoms with Crippen molar-refractivity contribution in [2.75, 3.05) is 6.61 Å². The molecule has 0 fully saturated rings. The van der Waals surface area contributed by atoms with Crippen molar-refractivity contribution in [2.24, 2.45) is 5.41 Å². The first-order chi connectivity index (χ1) is 11.9. The third kappa shape index (κ3) is 8.56. The third-order valence-electron chi connectivity index (χ3n) is 5.02. The van der Waals surface area contributed by atoms with Crippen LogP contribution in [-0.4, -0.2) is 12.6 Å². The Bertz CT molecular complexity index is 506. The van der Waals surface area contributed by atoms with Crippen LogP contribution in [0.5, 0.6) is 0 Å². The molecule has 0 bridgehead atoms. The lowest BCUT2D eigenvalue weighted by atomic mass is 9.74. The second-order valence-electron chi connectivity index (χ2n) is 8.04. The molecule has 0 aromatic carbocycles. The second-order valence-corrected chi connectivity index (χ2v) is 8.04. The van der Waals surface area contributed by atoms with E-state index in [4.69, 9.17) is 4.74 Å². The Labute approximate surface area is 155 Å². The molecule has 0 unspecified atom stereocenters. The molecule has 2 nitrogen and oxygen atoms in total. The Morgan fingerprint density at radius 1 is 1.24 bits per heavy atom. The number of carbonyl (C=O) groups is 1. The van der Waals surface area contributed by atoms with Gasteiger partial charge in [-0.05, 0) is 79.1 Å². The Kier molecular flexibility index (Phi) is 9.85. The third-order valence-corrected chi connectivity index (χ3v) is 5.02. The van der Waals surface area contributed by atoms with Crippen molar-refractivity contribution >= 4 is 5.97 Å². The van der Waals surface area contributed by atoms with E-state index >= 15 is 0 Å². The van der Waals surface area contributed by atoms with Crippen molar-refractivity contribution in [3.05, 3.63) is 34.9 Å². The van der Waals surface area contributed by atoms with E-state index in [9.17, 15) is 4.79 Å². The largest absolute Gasteiger partial charge is 0.465 e. The molecule has 0 saturated heterocycles. The quantitative estimate of drug-likeness (QED) is 0.244. The molecule has 0 amide bonds. The molecule has 0 heterocycles. The van der Waals surface area contributed by atoms with Gasteiger partial charge >= 0.3 is 5.97 Å². The standard InChI is InChI=1S/C23H38O2/c1-6-7-17-25-22(24)23(5)16-10-15-21(18-23)14-9-13-20(4)12-8-11-19(2)3/h11,13,15H,6-10,12,14,16-18H2,1-5H3/b20-13+/t23-/m0/s1. The second kappa shape index (κ2) is 11.3. The SMILES string of the molecule is CCCCOC(=O)[C@@]1(C)CCC=C(CC/C=C(\C)CCC=C(C)C)C1. The lowest BCUT2D eigenvalue weighted by Gasteiger charge is -2.31. The Hall–Kier alpha value is -1.31. The molecule has 142 valence electrons. The van der Waals surface area contributed by atoms with Crippen molar-refractivity contribution in [1.82, 2.24) is 0 Å². The van der Waals surface area contributed by atoms with E-state index in [1.54, 1.807) is 0 Å². The number of carbonyl (C=O) groups excluding carboxylic acids is 1. The first kappa shape index (κ1) is 21.7. The number of hydrogen-bond donors (Lipinski definition) is 0. The van der Waals surface area contributed by atoms with Gasteiger partial charge in [0, 0.05) is 0 Å². The molecular formula is C23H38O2. The van der Waals surface area contributed by atoms with Gasteiger partial charge in [-0.15, -0.1) is 0 Å². The Balaban J connectivity index is 2.43. The van der Waals surface area contributed by atoms with Crippen LogP contribution in [0, 0.1) is 5.41 Å². The maximum absolute atomic E-state index is 12.4. The average molecular weight is 347 g/mol. The highest BCUT2D eigenvalue weighted by Crippen LogP contribution is 2.38. The predicted molar refractivity (Wildman–Crippen MR) is 108 cm³/mol. The number of unbranched alkanes of at least 4 members (excludes halogenated alkanes) is 1. The van der Waals surface area contributed by atoms with Gasteiger partial charge < -0.3 is 4.74 Å². The molecular weight excluding hydrogens is 308 g/mol. The number of rotatable bonds is 10. The first-order valence-electron chi connectivity index (χ1n) is 10.0. The number of ether oxygens (including phenoxy) is 1. The fourth-order valence-electron chi connectivity index (χ4n) is 3.30. The van der Waals surface area contributed by atoms with E-state index in [2.05, 4.69) is 52.8 Å². The normalized spacial score (nSPS) is 20.8. The van der Waals surface area contributed by atoms with Crippen LogP contribution in [0.15, 0.2) is 34.9 Å². The van der Waals surface area contributed by atoms with Gasteiger partial charge in [-0.3, -0.25) is 4.79 Å². The minimum absolute atomic E-state index is 0.00000437. The maximum atomic E-state index is 12.4. The van der Waals surface area contributed by atoms with E-state index in [0.29, 0.717) is 6.61 Å². The van der Waals surface area contributed by atoms with Gasteiger partial charge in [0.2, 0.25) is 0 Å². The van der Waals surface area contributed by atoms with Crippen molar-refractivity contribution in [3.63, 3.8) is 0 Å². The summed E-state index contributed by atoms with van der Waals surface area (Å²) in [6.45, 7) is 11.3. The molecule has 1 atom stereocenters. The van der Waals surface area contributed by atoms with Crippen LogP contribution >= 0.6 is 0 Å². The summed E-state index contributed by atoms with van der Waals surface area (Å²) in [5.74, 6) is -0.00000437. The van der Waals surface area contributed by atoms with Crippen LogP contribution in [0.1, 0.15) is 92.4 Å². The zero-order chi connectivity index (χ0) is 18.7. The summed E-state index contributed by atoms with van der Waals surface area (Å²) >= 11 is 0. The molecule has 1 aliphatic rings. The molecule has 0 aliphatic heterocycles. The van der Waals surface area contributed by atoms with Crippen LogP contribution < -0.4 is 0 Å². The summed E-state index contributed by atoms with van der Waals surface area (Å²) < 4.78 is 5.50. The van der Waals surface area contributed by atoms with Crippen LogP contribution in [0.2, 0.25) is 0 Å². The summed E-state index contributed by atoms with van der Waals surface area (Å²) in [5, 5.41) is 0. The van der Waals surface area contributed by atoms with Gasteiger partial charge in [0.15, 0.2) is 0 Å². The van der Waals surface area contributed by atoms with Crippen molar-refractivity contribution in [3.8, 4) is 0 Å².